The van der Waals surface area contributed by atoms with Crippen molar-refractivity contribution in [3.63, 3.8) is 0 Å². The number of carbonyl (C=O) groups is 2. The third-order valence-corrected chi connectivity index (χ3v) is 4.35. The van der Waals surface area contributed by atoms with Crippen LogP contribution in [0.4, 0.5) is 4.39 Å². The van der Waals surface area contributed by atoms with Crippen LogP contribution in [0.2, 0.25) is 0 Å². The Bertz CT molecular complexity index is 832. The normalized spacial score (nSPS) is 16.1. The van der Waals surface area contributed by atoms with Gasteiger partial charge in [0, 0.05) is 11.6 Å². The van der Waals surface area contributed by atoms with Crippen LogP contribution in [0.5, 0.6) is 0 Å². The molecule has 3 rings (SSSR count). The molecule has 0 bridgehead atoms. The summed E-state index contributed by atoms with van der Waals surface area (Å²) in [5.41, 5.74) is 2.65. The van der Waals surface area contributed by atoms with Crippen molar-refractivity contribution in [1.29, 1.82) is 0 Å². The maximum absolute atomic E-state index is 13.5. The lowest BCUT2D eigenvalue weighted by Crippen LogP contribution is -2.34. The van der Waals surface area contributed by atoms with Crippen LogP contribution in [0.25, 0.3) is 6.08 Å². The van der Waals surface area contributed by atoms with E-state index in [-0.39, 0.29) is 24.1 Å². The molecule has 1 atom stereocenters. The Morgan fingerprint density at radius 2 is 1.92 bits per heavy atom. The Labute approximate surface area is 151 Å². The quantitative estimate of drug-likeness (QED) is 0.660. The average Bonchev–Trinajstić information content (AvgIpc) is 2.66. The maximum Gasteiger partial charge on any atom is 0.331 e. The van der Waals surface area contributed by atoms with Crippen molar-refractivity contribution in [3.05, 3.63) is 77.1 Å². The average molecular weight is 353 g/mol. The Balaban J connectivity index is 1.50. The van der Waals surface area contributed by atoms with Gasteiger partial charge < -0.3 is 10.1 Å². The first-order chi connectivity index (χ1) is 12.6. The standard InChI is InChI=1S/C21H20FNO3/c22-18-10-4-2-7-16(18)12-13-21(25)26-14-20(24)23-19-11-5-8-15-6-1-3-9-17(15)19/h1-4,6-7,9-10,12-13,19H,5,8,11,14H2,(H,23,24)/b13-12+/t19-/m0/s1. The molecule has 2 aromatic rings. The number of esters is 1. The van der Waals surface area contributed by atoms with E-state index in [9.17, 15) is 14.0 Å². The summed E-state index contributed by atoms with van der Waals surface area (Å²) in [6.45, 7) is -0.362. The molecule has 5 heteroatoms. The molecule has 0 radical (unpaired) electrons. The summed E-state index contributed by atoms with van der Waals surface area (Å²) < 4.78 is 18.4. The molecular formula is C21H20FNO3. The lowest BCUT2D eigenvalue weighted by molar-refractivity contribution is -0.144. The molecule has 0 fully saturated rings. The molecule has 0 aromatic heterocycles. The Kier molecular flexibility index (Phi) is 5.79. The number of aryl methyl sites for hydroxylation is 1. The van der Waals surface area contributed by atoms with E-state index in [1.807, 2.05) is 18.2 Å². The Hall–Kier alpha value is -2.95. The zero-order valence-electron chi connectivity index (χ0n) is 14.3. The molecule has 4 nitrogen and oxygen atoms in total. The highest BCUT2D eigenvalue weighted by Crippen LogP contribution is 2.29. The highest BCUT2D eigenvalue weighted by Gasteiger charge is 2.21. The van der Waals surface area contributed by atoms with Gasteiger partial charge in [0.25, 0.3) is 5.91 Å². The topological polar surface area (TPSA) is 55.4 Å². The van der Waals surface area contributed by atoms with Gasteiger partial charge in [0.05, 0.1) is 6.04 Å². The van der Waals surface area contributed by atoms with Crippen LogP contribution in [-0.2, 0) is 20.7 Å². The van der Waals surface area contributed by atoms with E-state index in [1.165, 1.54) is 17.7 Å². The second-order valence-corrected chi connectivity index (χ2v) is 6.17. The minimum atomic E-state index is -0.688. The van der Waals surface area contributed by atoms with Crippen molar-refractivity contribution < 1.29 is 18.7 Å². The van der Waals surface area contributed by atoms with Crippen molar-refractivity contribution >= 4 is 18.0 Å². The molecule has 1 N–H and O–H groups in total. The SMILES string of the molecule is O=C(COC(=O)/C=C/c1ccccc1F)N[C@H]1CCCc2ccccc21. The number of amides is 1. The number of halogens is 1. The van der Waals surface area contributed by atoms with Crippen LogP contribution < -0.4 is 5.32 Å². The molecule has 0 saturated heterocycles. The fourth-order valence-electron chi connectivity index (χ4n) is 3.09. The zero-order valence-corrected chi connectivity index (χ0v) is 14.3. The highest BCUT2D eigenvalue weighted by molar-refractivity contribution is 5.89. The lowest BCUT2D eigenvalue weighted by atomic mass is 9.88. The number of ether oxygens (including phenoxy) is 1. The van der Waals surface area contributed by atoms with Gasteiger partial charge in [-0.25, -0.2) is 9.18 Å². The van der Waals surface area contributed by atoms with Crippen LogP contribution in [0.15, 0.2) is 54.6 Å². The number of hydrogen-bond acceptors (Lipinski definition) is 3. The van der Waals surface area contributed by atoms with Crippen LogP contribution in [0.3, 0.4) is 0 Å². The molecular weight excluding hydrogens is 333 g/mol. The molecule has 0 aliphatic heterocycles. The highest BCUT2D eigenvalue weighted by atomic mass is 19.1. The summed E-state index contributed by atoms with van der Waals surface area (Å²) in [4.78, 5) is 23.8. The van der Waals surface area contributed by atoms with E-state index < -0.39 is 11.8 Å². The molecule has 134 valence electrons. The van der Waals surface area contributed by atoms with E-state index in [0.717, 1.165) is 30.9 Å². The number of nitrogens with one attached hydrogen (secondary N) is 1. The van der Waals surface area contributed by atoms with Crippen LogP contribution in [0, 0.1) is 5.82 Å². The fourth-order valence-corrected chi connectivity index (χ4v) is 3.09. The van der Waals surface area contributed by atoms with E-state index >= 15 is 0 Å². The zero-order chi connectivity index (χ0) is 18.4. The molecule has 0 saturated carbocycles. The van der Waals surface area contributed by atoms with Gasteiger partial charge >= 0.3 is 5.97 Å². The Morgan fingerprint density at radius 1 is 1.15 bits per heavy atom. The molecule has 1 aliphatic rings. The lowest BCUT2D eigenvalue weighted by Gasteiger charge is -2.26. The van der Waals surface area contributed by atoms with E-state index in [1.54, 1.807) is 18.2 Å². The van der Waals surface area contributed by atoms with Crippen molar-refractivity contribution in [2.75, 3.05) is 6.61 Å². The van der Waals surface area contributed by atoms with Gasteiger partial charge in [-0.2, -0.15) is 0 Å². The van der Waals surface area contributed by atoms with Gasteiger partial charge in [-0.05, 0) is 42.5 Å². The number of carbonyl (C=O) groups excluding carboxylic acids is 2. The van der Waals surface area contributed by atoms with Crippen LogP contribution in [0.1, 0.15) is 35.6 Å². The van der Waals surface area contributed by atoms with E-state index in [0.29, 0.717) is 0 Å². The molecule has 2 aromatic carbocycles. The summed E-state index contributed by atoms with van der Waals surface area (Å²) in [5, 5.41) is 2.91. The summed E-state index contributed by atoms with van der Waals surface area (Å²) >= 11 is 0. The number of rotatable bonds is 5. The number of benzene rings is 2. The number of fused-ring (bicyclic) bond motifs is 1. The van der Waals surface area contributed by atoms with Gasteiger partial charge in [-0.15, -0.1) is 0 Å². The second-order valence-electron chi connectivity index (χ2n) is 6.17. The molecule has 1 amide bonds. The molecule has 1 aliphatic carbocycles. The van der Waals surface area contributed by atoms with E-state index in [2.05, 4.69) is 11.4 Å². The molecule has 26 heavy (non-hydrogen) atoms. The number of hydrogen-bond donors (Lipinski definition) is 1. The van der Waals surface area contributed by atoms with E-state index in [4.69, 9.17) is 4.74 Å². The van der Waals surface area contributed by atoms with Crippen molar-refractivity contribution in [3.8, 4) is 0 Å². The molecule has 0 heterocycles. The first-order valence-electron chi connectivity index (χ1n) is 8.60. The summed E-state index contributed by atoms with van der Waals surface area (Å²) in [6, 6.07) is 14.1. The smallest absolute Gasteiger partial charge is 0.331 e. The maximum atomic E-state index is 13.5. The third kappa shape index (κ3) is 4.57. The van der Waals surface area contributed by atoms with Crippen molar-refractivity contribution in [2.24, 2.45) is 0 Å². The third-order valence-electron chi connectivity index (χ3n) is 4.35. The van der Waals surface area contributed by atoms with Crippen molar-refractivity contribution in [2.45, 2.75) is 25.3 Å². The summed E-state index contributed by atoms with van der Waals surface area (Å²) in [7, 11) is 0. The fraction of sp³-hybridized carbons (Fsp3) is 0.238. The van der Waals surface area contributed by atoms with Gasteiger partial charge in [0.2, 0.25) is 0 Å². The van der Waals surface area contributed by atoms with Gasteiger partial charge in [-0.3, -0.25) is 4.79 Å². The van der Waals surface area contributed by atoms with Crippen LogP contribution >= 0.6 is 0 Å². The first kappa shape index (κ1) is 17.9. The van der Waals surface area contributed by atoms with Gasteiger partial charge in [0.15, 0.2) is 6.61 Å². The Morgan fingerprint density at radius 3 is 2.77 bits per heavy atom. The summed E-state index contributed by atoms with van der Waals surface area (Å²) in [5.74, 6) is -1.46. The minimum absolute atomic E-state index is 0.0555. The second kappa shape index (κ2) is 8.43. The van der Waals surface area contributed by atoms with Gasteiger partial charge in [-0.1, -0.05) is 42.5 Å². The van der Waals surface area contributed by atoms with Gasteiger partial charge in [0.1, 0.15) is 5.82 Å². The molecule has 0 spiro atoms. The first-order valence-corrected chi connectivity index (χ1v) is 8.60. The summed E-state index contributed by atoms with van der Waals surface area (Å²) in [6.07, 6.45) is 5.32. The monoisotopic (exact) mass is 353 g/mol. The molecule has 0 unspecified atom stereocenters. The van der Waals surface area contributed by atoms with Crippen molar-refractivity contribution in [1.82, 2.24) is 5.32 Å². The van der Waals surface area contributed by atoms with Crippen LogP contribution in [-0.4, -0.2) is 18.5 Å². The minimum Gasteiger partial charge on any atom is -0.452 e. The predicted molar refractivity (Wildman–Crippen MR) is 96.7 cm³/mol. The largest absolute Gasteiger partial charge is 0.452 e. The predicted octanol–water partition coefficient (Wildman–Crippen LogP) is 3.58.